The molecule has 1 saturated heterocycles. The average molecular weight is 323 g/mol. The molecular formula is C14H14FN3O5. The van der Waals surface area contributed by atoms with E-state index in [0.717, 1.165) is 11.0 Å². The summed E-state index contributed by atoms with van der Waals surface area (Å²) >= 11 is 0. The standard InChI is InChI=1S/C14H14FN3O5/c1-6(2)18-11-8(15)3-7(4-9(11)22-14(18)21)17-5-10(12(16)19)23-13(17)20/h3-4,6,10H,5H2,1-2H3,(H2,16,19). The number of primary amides is 1. The first kappa shape index (κ1) is 15.1. The van der Waals surface area contributed by atoms with Gasteiger partial charge in [0.25, 0.3) is 5.91 Å². The zero-order valence-corrected chi connectivity index (χ0v) is 12.4. The van der Waals surface area contributed by atoms with Crippen LogP contribution >= 0.6 is 0 Å². The number of oxazole rings is 1. The number of benzene rings is 1. The van der Waals surface area contributed by atoms with Crippen LogP contribution in [0.25, 0.3) is 11.1 Å². The summed E-state index contributed by atoms with van der Waals surface area (Å²) in [7, 11) is 0. The molecule has 1 atom stereocenters. The van der Waals surface area contributed by atoms with E-state index in [1.54, 1.807) is 13.8 Å². The number of halogens is 1. The monoisotopic (exact) mass is 323 g/mol. The van der Waals surface area contributed by atoms with E-state index in [9.17, 15) is 18.8 Å². The molecule has 3 rings (SSSR count). The van der Waals surface area contributed by atoms with Crippen molar-refractivity contribution in [2.45, 2.75) is 26.0 Å². The molecular weight excluding hydrogens is 309 g/mol. The third-order valence-corrected chi connectivity index (χ3v) is 3.61. The summed E-state index contributed by atoms with van der Waals surface area (Å²) in [6.45, 7) is 3.31. The number of hydrogen-bond donors (Lipinski definition) is 1. The molecule has 23 heavy (non-hydrogen) atoms. The number of anilines is 1. The molecule has 1 unspecified atom stereocenters. The van der Waals surface area contributed by atoms with E-state index in [2.05, 4.69) is 0 Å². The lowest BCUT2D eigenvalue weighted by Crippen LogP contribution is -2.32. The number of nitrogens with zero attached hydrogens (tertiary/aromatic N) is 2. The lowest BCUT2D eigenvalue weighted by atomic mass is 10.2. The van der Waals surface area contributed by atoms with Gasteiger partial charge in [0, 0.05) is 18.2 Å². The van der Waals surface area contributed by atoms with Gasteiger partial charge in [0.05, 0.1) is 12.2 Å². The quantitative estimate of drug-likeness (QED) is 0.911. The summed E-state index contributed by atoms with van der Waals surface area (Å²) in [5.74, 6) is -2.20. The van der Waals surface area contributed by atoms with Crippen molar-refractivity contribution in [3.05, 3.63) is 28.5 Å². The Hall–Kier alpha value is -2.84. The second kappa shape index (κ2) is 5.11. The van der Waals surface area contributed by atoms with Crippen molar-refractivity contribution in [3.63, 3.8) is 0 Å². The topological polar surface area (TPSA) is 108 Å². The average Bonchev–Trinajstić information content (AvgIpc) is 2.98. The smallest absolute Gasteiger partial charge is 0.420 e. The van der Waals surface area contributed by atoms with Gasteiger partial charge in [-0.15, -0.1) is 0 Å². The molecule has 1 aliphatic rings. The van der Waals surface area contributed by atoms with Crippen LogP contribution in [-0.4, -0.2) is 29.2 Å². The predicted octanol–water partition coefficient (Wildman–Crippen LogP) is 1.12. The Morgan fingerprint density at radius 2 is 2.09 bits per heavy atom. The highest BCUT2D eigenvalue weighted by molar-refractivity contribution is 5.96. The molecule has 8 nitrogen and oxygen atoms in total. The van der Waals surface area contributed by atoms with E-state index in [4.69, 9.17) is 14.9 Å². The van der Waals surface area contributed by atoms with E-state index in [1.165, 1.54) is 10.6 Å². The summed E-state index contributed by atoms with van der Waals surface area (Å²) in [6, 6.07) is 2.14. The van der Waals surface area contributed by atoms with Gasteiger partial charge in [0.2, 0.25) is 0 Å². The van der Waals surface area contributed by atoms with Gasteiger partial charge in [-0.2, -0.15) is 0 Å². The molecule has 9 heteroatoms. The van der Waals surface area contributed by atoms with Crippen molar-refractivity contribution in [3.8, 4) is 0 Å². The zero-order valence-electron chi connectivity index (χ0n) is 12.4. The minimum Gasteiger partial charge on any atom is -0.434 e. The SMILES string of the molecule is CC(C)n1c(=O)oc2cc(N3CC(C(N)=O)OC3=O)cc(F)c21. The third-order valence-electron chi connectivity index (χ3n) is 3.61. The number of nitrogens with two attached hydrogens (primary N) is 1. The molecule has 0 radical (unpaired) electrons. The summed E-state index contributed by atoms with van der Waals surface area (Å²) in [5, 5.41) is 0. The van der Waals surface area contributed by atoms with Crippen molar-refractivity contribution < 1.29 is 23.1 Å². The number of hydrogen-bond acceptors (Lipinski definition) is 5. The van der Waals surface area contributed by atoms with Crippen LogP contribution in [0.4, 0.5) is 14.9 Å². The van der Waals surface area contributed by atoms with Crippen molar-refractivity contribution in [2.75, 3.05) is 11.4 Å². The number of ether oxygens (including phenoxy) is 1. The summed E-state index contributed by atoms with van der Waals surface area (Å²) in [5.41, 5.74) is 5.25. The van der Waals surface area contributed by atoms with E-state index < -0.39 is 29.7 Å². The largest absolute Gasteiger partial charge is 0.434 e. The highest BCUT2D eigenvalue weighted by Gasteiger charge is 2.36. The first-order valence-corrected chi connectivity index (χ1v) is 6.91. The first-order valence-electron chi connectivity index (χ1n) is 6.91. The molecule has 1 aliphatic heterocycles. The number of cyclic esters (lactones) is 1. The Morgan fingerprint density at radius 3 is 2.65 bits per heavy atom. The van der Waals surface area contributed by atoms with Gasteiger partial charge < -0.3 is 14.9 Å². The fourth-order valence-electron chi connectivity index (χ4n) is 2.55. The molecule has 0 bridgehead atoms. The zero-order chi connectivity index (χ0) is 16.9. The Bertz CT molecular complexity index is 869. The Balaban J connectivity index is 2.09. The van der Waals surface area contributed by atoms with Crippen LogP contribution in [0.5, 0.6) is 0 Å². The van der Waals surface area contributed by atoms with Gasteiger partial charge in [0.15, 0.2) is 17.5 Å². The van der Waals surface area contributed by atoms with Crippen LogP contribution in [0, 0.1) is 5.82 Å². The minimum atomic E-state index is -1.10. The molecule has 2 aromatic rings. The number of aromatic nitrogens is 1. The molecule has 1 aromatic carbocycles. The summed E-state index contributed by atoms with van der Waals surface area (Å²) in [6.07, 6.45) is -1.92. The number of amides is 2. The third kappa shape index (κ3) is 2.33. The van der Waals surface area contributed by atoms with Crippen molar-refractivity contribution in [1.82, 2.24) is 4.57 Å². The highest BCUT2D eigenvalue weighted by Crippen LogP contribution is 2.29. The molecule has 0 saturated carbocycles. The lowest BCUT2D eigenvalue weighted by molar-refractivity contribution is -0.124. The van der Waals surface area contributed by atoms with Crippen LogP contribution in [0.15, 0.2) is 21.3 Å². The summed E-state index contributed by atoms with van der Waals surface area (Å²) < 4.78 is 25.5. The first-order chi connectivity index (χ1) is 10.8. The maximum atomic E-state index is 14.4. The van der Waals surface area contributed by atoms with Gasteiger partial charge in [0.1, 0.15) is 5.52 Å². The molecule has 0 spiro atoms. The van der Waals surface area contributed by atoms with Gasteiger partial charge in [-0.1, -0.05) is 0 Å². The van der Waals surface area contributed by atoms with Crippen LogP contribution in [0.2, 0.25) is 0 Å². The minimum absolute atomic E-state index is 0.00836. The van der Waals surface area contributed by atoms with Crippen molar-refractivity contribution in [2.24, 2.45) is 5.73 Å². The fraction of sp³-hybridized carbons (Fsp3) is 0.357. The normalized spacial score (nSPS) is 18.0. The Morgan fingerprint density at radius 1 is 1.39 bits per heavy atom. The second-order valence-corrected chi connectivity index (χ2v) is 5.49. The molecule has 1 fully saturated rings. The molecule has 2 N–H and O–H groups in total. The van der Waals surface area contributed by atoms with Gasteiger partial charge in [-0.3, -0.25) is 14.3 Å². The second-order valence-electron chi connectivity index (χ2n) is 5.49. The predicted molar refractivity (Wildman–Crippen MR) is 77.6 cm³/mol. The van der Waals surface area contributed by atoms with Crippen LogP contribution in [0.1, 0.15) is 19.9 Å². The van der Waals surface area contributed by atoms with Gasteiger partial charge in [-0.05, 0) is 13.8 Å². The lowest BCUT2D eigenvalue weighted by Gasteiger charge is -2.13. The maximum absolute atomic E-state index is 14.4. The fourth-order valence-corrected chi connectivity index (χ4v) is 2.55. The highest BCUT2D eigenvalue weighted by atomic mass is 19.1. The van der Waals surface area contributed by atoms with Gasteiger partial charge in [-0.25, -0.2) is 14.0 Å². The maximum Gasteiger partial charge on any atom is 0.420 e. The number of carbonyl (C=O) groups is 2. The Labute approximate surface area is 129 Å². The molecule has 122 valence electrons. The Kier molecular flexibility index (Phi) is 3.35. The number of fused-ring (bicyclic) bond motifs is 1. The van der Waals surface area contributed by atoms with E-state index in [1.807, 2.05) is 0 Å². The molecule has 2 amide bonds. The molecule has 1 aromatic heterocycles. The van der Waals surface area contributed by atoms with Crippen LogP contribution in [-0.2, 0) is 9.53 Å². The number of carbonyl (C=O) groups excluding carboxylic acids is 2. The number of rotatable bonds is 3. The van der Waals surface area contributed by atoms with Gasteiger partial charge >= 0.3 is 11.8 Å². The van der Waals surface area contributed by atoms with E-state index >= 15 is 0 Å². The van der Waals surface area contributed by atoms with Crippen LogP contribution in [0.3, 0.4) is 0 Å². The van der Waals surface area contributed by atoms with Crippen molar-refractivity contribution in [1.29, 1.82) is 0 Å². The molecule has 0 aliphatic carbocycles. The molecule has 2 heterocycles. The van der Waals surface area contributed by atoms with Crippen molar-refractivity contribution >= 4 is 28.8 Å². The van der Waals surface area contributed by atoms with E-state index in [0.29, 0.717) is 0 Å². The summed E-state index contributed by atoms with van der Waals surface area (Å²) in [4.78, 5) is 35.8. The van der Waals surface area contributed by atoms with E-state index in [-0.39, 0.29) is 29.4 Å². The van der Waals surface area contributed by atoms with Crippen LogP contribution < -0.4 is 16.4 Å².